The number of halogens is 2. The van der Waals surface area contributed by atoms with Gasteiger partial charge in [-0.3, -0.25) is 14.6 Å². The molecule has 4 rings (SSSR count). The minimum absolute atomic E-state index is 0.201. The highest BCUT2D eigenvalue weighted by Crippen LogP contribution is 2.34. The Balaban J connectivity index is 1.74. The number of aryl methyl sites for hydroxylation is 1. The predicted molar refractivity (Wildman–Crippen MR) is 129 cm³/mol. The van der Waals surface area contributed by atoms with Gasteiger partial charge in [-0.05, 0) is 37.7 Å². The maximum absolute atomic E-state index is 12.9. The van der Waals surface area contributed by atoms with E-state index in [1.807, 2.05) is 24.1 Å². The van der Waals surface area contributed by atoms with E-state index in [-0.39, 0.29) is 15.6 Å². The number of hydrogen-bond donors (Lipinski definition) is 1. The van der Waals surface area contributed by atoms with E-state index in [9.17, 15) is 9.59 Å². The van der Waals surface area contributed by atoms with Crippen LogP contribution >= 0.6 is 23.2 Å². The summed E-state index contributed by atoms with van der Waals surface area (Å²) in [5.74, 6) is -0.427. The van der Waals surface area contributed by atoms with Crippen molar-refractivity contribution >= 4 is 57.8 Å². The quantitative estimate of drug-likeness (QED) is 0.563. The van der Waals surface area contributed by atoms with Gasteiger partial charge in [0.05, 0.1) is 32.5 Å². The van der Waals surface area contributed by atoms with E-state index < -0.39 is 5.91 Å². The molecule has 2 amide bonds. The Kier molecular flexibility index (Phi) is 6.62. The smallest absolute Gasteiger partial charge is 0.258 e. The van der Waals surface area contributed by atoms with E-state index in [0.717, 1.165) is 49.2 Å². The van der Waals surface area contributed by atoms with Crippen LogP contribution in [0.2, 0.25) is 10.0 Å². The van der Waals surface area contributed by atoms with E-state index in [1.54, 1.807) is 35.5 Å². The van der Waals surface area contributed by atoms with E-state index in [1.165, 1.54) is 0 Å². The molecule has 9 heteroatoms. The maximum atomic E-state index is 12.9. The van der Waals surface area contributed by atoms with Crippen LogP contribution in [0.5, 0.6) is 0 Å². The topological polar surface area (TPSA) is 68.8 Å². The minimum Gasteiger partial charge on any atom is -0.320 e. The van der Waals surface area contributed by atoms with Gasteiger partial charge in [0, 0.05) is 37.8 Å². The van der Waals surface area contributed by atoms with Gasteiger partial charge < -0.3 is 10.2 Å². The molecule has 1 N–H and O–H groups in total. The van der Waals surface area contributed by atoms with Gasteiger partial charge in [0.2, 0.25) is 6.41 Å². The first-order valence-electron chi connectivity index (χ1n) is 10.2. The second-order valence-corrected chi connectivity index (χ2v) is 8.56. The number of hydrazine groups is 1. The monoisotopic (exact) mass is 471 g/mol. The number of carbonyl (C=O) groups excluding carboxylic acids is 2. The average Bonchev–Trinajstić information content (AvgIpc) is 2.77. The molecule has 0 spiro atoms. The fourth-order valence-corrected chi connectivity index (χ4v) is 4.45. The summed E-state index contributed by atoms with van der Waals surface area (Å²) in [5.41, 5.74) is 2.90. The molecule has 3 aromatic rings. The molecule has 166 valence electrons. The van der Waals surface area contributed by atoms with Crippen LogP contribution in [0.3, 0.4) is 0 Å². The number of amides is 2. The zero-order valence-corrected chi connectivity index (χ0v) is 19.3. The summed E-state index contributed by atoms with van der Waals surface area (Å²) >= 11 is 12.4. The van der Waals surface area contributed by atoms with Gasteiger partial charge in [0.1, 0.15) is 0 Å². The summed E-state index contributed by atoms with van der Waals surface area (Å²) in [4.78, 5) is 31.9. The first kappa shape index (κ1) is 22.5. The molecule has 0 bridgehead atoms. The lowest BCUT2D eigenvalue weighted by molar-refractivity contribution is -0.110. The molecule has 2 heterocycles. The molecular weight excluding hydrogens is 449 g/mol. The van der Waals surface area contributed by atoms with Crippen molar-refractivity contribution in [1.82, 2.24) is 14.9 Å². The van der Waals surface area contributed by atoms with Crippen LogP contribution in [0.15, 0.2) is 42.6 Å². The lowest BCUT2D eigenvalue weighted by Crippen LogP contribution is -2.52. The lowest BCUT2D eigenvalue weighted by Gasteiger charge is -2.38. The predicted octanol–water partition coefficient (Wildman–Crippen LogP) is 4.23. The van der Waals surface area contributed by atoms with Crippen LogP contribution in [-0.2, 0) is 4.79 Å². The molecule has 2 aromatic carbocycles. The van der Waals surface area contributed by atoms with E-state index in [0.29, 0.717) is 11.2 Å². The Bertz CT molecular complexity index is 1160. The van der Waals surface area contributed by atoms with Crippen LogP contribution in [0.1, 0.15) is 15.9 Å². The van der Waals surface area contributed by atoms with Crippen LogP contribution < -0.4 is 10.3 Å². The molecule has 1 saturated heterocycles. The molecule has 1 aromatic heterocycles. The summed E-state index contributed by atoms with van der Waals surface area (Å²) < 4.78 is 0. The summed E-state index contributed by atoms with van der Waals surface area (Å²) in [6, 6.07) is 10.4. The summed E-state index contributed by atoms with van der Waals surface area (Å²) in [5, 5.41) is 7.86. The molecule has 0 radical (unpaired) electrons. The fourth-order valence-electron chi connectivity index (χ4n) is 3.89. The molecule has 0 aliphatic carbocycles. The number of aromatic nitrogens is 1. The summed E-state index contributed by atoms with van der Waals surface area (Å²) in [6.07, 6.45) is 2.55. The summed E-state index contributed by atoms with van der Waals surface area (Å²) in [7, 11) is 2.07. The van der Waals surface area contributed by atoms with Crippen molar-refractivity contribution in [3.63, 3.8) is 0 Å². The first-order valence-corrected chi connectivity index (χ1v) is 11.0. The third-order valence-corrected chi connectivity index (χ3v) is 6.23. The molecule has 0 unspecified atom stereocenters. The Morgan fingerprint density at radius 3 is 2.41 bits per heavy atom. The highest BCUT2D eigenvalue weighted by atomic mass is 35.5. The minimum atomic E-state index is -0.427. The normalized spacial score (nSPS) is 15.0. The number of nitrogens with one attached hydrogen (secondary N) is 1. The highest BCUT2D eigenvalue weighted by molar-refractivity contribution is 6.40. The Morgan fingerprint density at radius 1 is 1.09 bits per heavy atom. The van der Waals surface area contributed by atoms with Crippen molar-refractivity contribution in [3.8, 4) is 0 Å². The Hall–Kier alpha value is -2.71. The van der Waals surface area contributed by atoms with Crippen molar-refractivity contribution in [2.45, 2.75) is 6.92 Å². The molecule has 0 atom stereocenters. The number of rotatable bonds is 5. The van der Waals surface area contributed by atoms with Crippen LogP contribution in [-0.4, -0.2) is 60.4 Å². The fraction of sp³-hybridized carbons (Fsp3) is 0.261. The van der Waals surface area contributed by atoms with Crippen molar-refractivity contribution in [1.29, 1.82) is 0 Å². The standard InChI is InChI=1S/C23H23Cl2N5O2/c1-15-13-26-21-16(22(15)30(14-31)29-11-9-28(2)10-12-29)5-3-8-19(21)27-23(32)20-17(24)6-4-7-18(20)25/h3-8,13-14H,9-12H2,1-2H3,(H,27,32). The number of hydrogen-bond acceptors (Lipinski definition) is 5. The van der Waals surface area contributed by atoms with Crippen LogP contribution in [0.4, 0.5) is 11.4 Å². The number of pyridine rings is 1. The van der Waals surface area contributed by atoms with Crippen LogP contribution in [0.25, 0.3) is 10.9 Å². The molecule has 1 aliphatic heterocycles. The molecule has 1 fully saturated rings. The first-order chi connectivity index (χ1) is 15.4. The van der Waals surface area contributed by atoms with Gasteiger partial charge in [0.25, 0.3) is 5.91 Å². The molecule has 7 nitrogen and oxygen atoms in total. The van der Waals surface area contributed by atoms with Crippen molar-refractivity contribution in [2.24, 2.45) is 0 Å². The number of carbonyl (C=O) groups is 2. The number of benzene rings is 2. The molecular formula is C23H23Cl2N5O2. The zero-order valence-electron chi connectivity index (χ0n) is 17.8. The molecule has 0 saturated carbocycles. The second-order valence-electron chi connectivity index (χ2n) is 7.75. The van der Waals surface area contributed by atoms with Gasteiger partial charge in [-0.2, -0.15) is 0 Å². The zero-order chi connectivity index (χ0) is 22.8. The highest BCUT2D eigenvalue weighted by Gasteiger charge is 2.24. The van der Waals surface area contributed by atoms with Crippen LogP contribution in [0, 0.1) is 6.92 Å². The number of piperazine rings is 1. The molecule has 1 aliphatic rings. The number of anilines is 2. The van der Waals surface area contributed by atoms with Gasteiger partial charge >= 0.3 is 0 Å². The number of para-hydroxylation sites is 1. The number of likely N-dealkylation sites (N-methyl/N-ethyl adjacent to an activating group) is 1. The number of fused-ring (bicyclic) bond motifs is 1. The van der Waals surface area contributed by atoms with Gasteiger partial charge in [-0.1, -0.05) is 41.4 Å². The van der Waals surface area contributed by atoms with E-state index in [2.05, 4.69) is 22.2 Å². The lowest BCUT2D eigenvalue weighted by atomic mass is 10.1. The maximum Gasteiger partial charge on any atom is 0.258 e. The second kappa shape index (κ2) is 9.42. The van der Waals surface area contributed by atoms with Crippen molar-refractivity contribution in [2.75, 3.05) is 43.6 Å². The Morgan fingerprint density at radius 2 is 1.75 bits per heavy atom. The van der Waals surface area contributed by atoms with E-state index >= 15 is 0 Å². The van der Waals surface area contributed by atoms with Gasteiger partial charge in [-0.25, -0.2) is 10.0 Å². The third-order valence-electron chi connectivity index (χ3n) is 5.60. The van der Waals surface area contributed by atoms with Crippen molar-refractivity contribution in [3.05, 3.63) is 63.8 Å². The van der Waals surface area contributed by atoms with Gasteiger partial charge in [-0.15, -0.1) is 0 Å². The summed E-state index contributed by atoms with van der Waals surface area (Å²) in [6.45, 7) is 5.13. The SMILES string of the molecule is Cc1cnc2c(NC(=O)c3c(Cl)cccc3Cl)cccc2c1N(C=O)N1CCN(C)CC1. The van der Waals surface area contributed by atoms with Gasteiger partial charge in [0.15, 0.2) is 0 Å². The molecule has 32 heavy (non-hydrogen) atoms. The Labute approximate surface area is 196 Å². The largest absolute Gasteiger partial charge is 0.320 e. The van der Waals surface area contributed by atoms with Crippen molar-refractivity contribution < 1.29 is 9.59 Å². The average molecular weight is 472 g/mol. The van der Waals surface area contributed by atoms with E-state index in [4.69, 9.17) is 23.2 Å². The number of nitrogens with zero attached hydrogens (tertiary/aromatic N) is 4. The third kappa shape index (κ3) is 4.29.